The highest BCUT2D eigenvalue weighted by atomic mass is 32.1. The molecule has 0 aromatic heterocycles. The van der Waals surface area contributed by atoms with Crippen molar-refractivity contribution in [3.05, 3.63) is 0 Å². The van der Waals surface area contributed by atoms with E-state index in [0.717, 1.165) is 12.8 Å². The van der Waals surface area contributed by atoms with Crippen LogP contribution in [0, 0.1) is 11.3 Å². The van der Waals surface area contributed by atoms with Gasteiger partial charge in [0, 0.05) is 13.1 Å². The molecular formula is C10H15N3O2S. The predicted molar refractivity (Wildman–Crippen MR) is 62.3 cm³/mol. The second-order valence-corrected chi connectivity index (χ2v) is 5.03. The van der Waals surface area contributed by atoms with Crippen LogP contribution in [-0.2, 0) is 9.59 Å². The van der Waals surface area contributed by atoms with Crippen LogP contribution in [0.2, 0.25) is 0 Å². The molecular weight excluding hydrogens is 226 g/mol. The second kappa shape index (κ2) is 3.69. The Hall–Kier alpha value is -1.17. The van der Waals surface area contributed by atoms with Gasteiger partial charge in [-0.15, -0.1) is 0 Å². The van der Waals surface area contributed by atoms with Gasteiger partial charge < -0.3 is 16.4 Å². The van der Waals surface area contributed by atoms with Crippen LogP contribution >= 0.6 is 12.2 Å². The van der Waals surface area contributed by atoms with E-state index in [1.165, 1.54) is 0 Å². The fourth-order valence-electron chi connectivity index (χ4n) is 2.17. The Morgan fingerprint density at radius 2 is 1.94 bits per heavy atom. The van der Waals surface area contributed by atoms with Crippen LogP contribution in [0.1, 0.15) is 19.3 Å². The Morgan fingerprint density at radius 3 is 2.31 bits per heavy atom. The molecule has 1 atom stereocenters. The maximum atomic E-state index is 12.1. The second-order valence-electron chi connectivity index (χ2n) is 4.59. The number of rotatable bonds is 3. The molecule has 5 nitrogen and oxygen atoms in total. The van der Waals surface area contributed by atoms with E-state index < -0.39 is 5.41 Å². The number of nitrogens with zero attached hydrogens (tertiary/aromatic N) is 1. The number of hydrogen-bond acceptors (Lipinski definition) is 3. The van der Waals surface area contributed by atoms with Gasteiger partial charge in [-0.25, -0.2) is 0 Å². The first kappa shape index (κ1) is 11.3. The number of likely N-dealkylation sites (tertiary alicyclic amines) is 1. The van der Waals surface area contributed by atoms with E-state index >= 15 is 0 Å². The summed E-state index contributed by atoms with van der Waals surface area (Å²) in [6, 6.07) is 0. The molecule has 16 heavy (non-hydrogen) atoms. The summed E-state index contributed by atoms with van der Waals surface area (Å²) < 4.78 is 0. The molecule has 1 saturated carbocycles. The van der Waals surface area contributed by atoms with Crippen molar-refractivity contribution in [3.8, 4) is 0 Å². The third-order valence-corrected chi connectivity index (χ3v) is 3.90. The molecule has 0 aromatic rings. The Labute approximate surface area is 99.1 Å². The van der Waals surface area contributed by atoms with Gasteiger partial charge in [-0.05, 0) is 19.3 Å². The number of thiocarbonyl (C=S) groups is 1. The summed E-state index contributed by atoms with van der Waals surface area (Å²) in [5, 5.41) is 0. The Morgan fingerprint density at radius 1 is 1.31 bits per heavy atom. The number of carbonyl (C=O) groups is 2. The van der Waals surface area contributed by atoms with Crippen LogP contribution in [-0.4, -0.2) is 34.8 Å². The number of primary amides is 1. The molecule has 2 amide bonds. The van der Waals surface area contributed by atoms with Crippen LogP contribution in [0.25, 0.3) is 0 Å². The lowest BCUT2D eigenvalue weighted by molar-refractivity contribution is -0.133. The summed E-state index contributed by atoms with van der Waals surface area (Å²) in [6.07, 6.45) is 2.12. The lowest BCUT2D eigenvalue weighted by atomic mass is 10.1. The van der Waals surface area contributed by atoms with Gasteiger partial charge in [0.1, 0.15) is 0 Å². The van der Waals surface area contributed by atoms with Gasteiger partial charge in [0.15, 0.2) is 0 Å². The topological polar surface area (TPSA) is 89.4 Å². The largest absolute Gasteiger partial charge is 0.392 e. The molecule has 1 aliphatic carbocycles. The molecule has 1 aliphatic heterocycles. The average Bonchev–Trinajstić information content (AvgIpc) is 2.88. The minimum Gasteiger partial charge on any atom is -0.392 e. The minimum atomic E-state index is -0.609. The van der Waals surface area contributed by atoms with Crippen molar-refractivity contribution in [3.63, 3.8) is 0 Å². The molecule has 0 radical (unpaired) electrons. The SMILES string of the molecule is NC(=O)C1CCN(C(=O)C2(C(N)=S)CC2)C1. The highest BCUT2D eigenvalue weighted by Crippen LogP contribution is 2.48. The van der Waals surface area contributed by atoms with Crippen LogP contribution < -0.4 is 11.5 Å². The zero-order valence-electron chi connectivity index (χ0n) is 8.94. The van der Waals surface area contributed by atoms with Crippen LogP contribution in [0.15, 0.2) is 0 Å². The molecule has 0 bridgehead atoms. The summed E-state index contributed by atoms with van der Waals surface area (Å²) in [5.41, 5.74) is 10.2. The van der Waals surface area contributed by atoms with Crippen molar-refractivity contribution in [2.75, 3.05) is 13.1 Å². The molecule has 6 heteroatoms. The molecule has 2 rings (SSSR count). The van der Waals surface area contributed by atoms with Crippen molar-refractivity contribution < 1.29 is 9.59 Å². The lowest BCUT2D eigenvalue weighted by Gasteiger charge is -2.22. The van der Waals surface area contributed by atoms with Crippen molar-refractivity contribution in [1.29, 1.82) is 0 Å². The number of amides is 2. The first-order chi connectivity index (χ1) is 7.47. The van der Waals surface area contributed by atoms with E-state index in [9.17, 15) is 9.59 Å². The standard InChI is InChI=1S/C10H15N3O2S/c11-7(14)6-1-4-13(5-6)9(15)10(2-3-10)8(12)16/h6H,1-5H2,(H2,11,14)(H2,12,16). The Kier molecular flexibility index (Phi) is 2.61. The van der Waals surface area contributed by atoms with E-state index in [1.807, 2.05) is 0 Å². The number of carbonyl (C=O) groups excluding carboxylic acids is 2. The first-order valence-corrected chi connectivity index (χ1v) is 5.77. The summed E-state index contributed by atoms with van der Waals surface area (Å²) in [5.74, 6) is -0.578. The van der Waals surface area contributed by atoms with Crippen LogP contribution in [0.5, 0.6) is 0 Å². The monoisotopic (exact) mass is 241 g/mol. The molecule has 88 valence electrons. The van der Waals surface area contributed by atoms with E-state index in [1.54, 1.807) is 4.90 Å². The summed E-state index contributed by atoms with van der Waals surface area (Å²) in [6.45, 7) is 0.995. The normalized spacial score (nSPS) is 26.5. The summed E-state index contributed by atoms with van der Waals surface area (Å²) in [7, 11) is 0. The molecule has 2 fully saturated rings. The molecule has 1 saturated heterocycles. The van der Waals surface area contributed by atoms with Crippen molar-refractivity contribution in [1.82, 2.24) is 4.90 Å². The van der Waals surface area contributed by atoms with Gasteiger partial charge in [-0.2, -0.15) is 0 Å². The van der Waals surface area contributed by atoms with Gasteiger partial charge in [0.2, 0.25) is 11.8 Å². The maximum Gasteiger partial charge on any atom is 0.235 e. The fraction of sp³-hybridized carbons (Fsp3) is 0.700. The summed E-state index contributed by atoms with van der Waals surface area (Å²) >= 11 is 4.93. The van der Waals surface area contributed by atoms with Gasteiger partial charge in [0.05, 0.1) is 16.3 Å². The van der Waals surface area contributed by atoms with Crippen LogP contribution in [0.4, 0.5) is 0 Å². The lowest BCUT2D eigenvalue weighted by Crippen LogP contribution is -2.42. The molecule has 2 aliphatic rings. The van der Waals surface area contributed by atoms with Crippen molar-refractivity contribution >= 4 is 29.0 Å². The van der Waals surface area contributed by atoms with E-state index in [-0.39, 0.29) is 22.7 Å². The molecule has 4 N–H and O–H groups in total. The van der Waals surface area contributed by atoms with E-state index in [0.29, 0.717) is 19.5 Å². The average molecular weight is 241 g/mol. The predicted octanol–water partition coefficient (Wildman–Crippen LogP) is -0.614. The van der Waals surface area contributed by atoms with Crippen molar-refractivity contribution in [2.24, 2.45) is 22.8 Å². The first-order valence-electron chi connectivity index (χ1n) is 5.36. The fourth-order valence-corrected chi connectivity index (χ4v) is 2.46. The van der Waals surface area contributed by atoms with E-state index in [4.69, 9.17) is 23.7 Å². The number of hydrogen-bond donors (Lipinski definition) is 2. The van der Waals surface area contributed by atoms with Crippen molar-refractivity contribution in [2.45, 2.75) is 19.3 Å². The quantitative estimate of drug-likeness (QED) is 0.645. The van der Waals surface area contributed by atoms with Gasteiger partial charge in [0.25, 0.3) is 0 Å². The van der Waals surface area contributed by atoms with Gasteiger partial charge >= 0.3 is 0 Å². The highest BCUT2D eigenvalue weighted by Gasteiger charge is 2.55. The third kappa shape index (κ3) is 1.67. The molecule has 0 aromatic carbocycles. The maximum absolute atomic E-state index is 12.1. The zero-order valence-corrected chi connectivity index (χ0v) is 9.76. The number of nitrogens with two attached hydrogens (primary N) is 2. The van der Waals surface area contributed by atoms with Gasteiger partial charge in [-0.1, -0.05) is 12.2 Å². The minimum absolute atomic E-state index is 0.0243. The molecule has 1 unspecified atom stereocenters. The summed E-state index contributed by atoms with van der Waals surface area (Å²) in [4.78, 5) is 25.1. The van der Waals surface area contributed by atoms with Gasteiger partial charge in [-0.3, -0.25) is 9.59 Å². The van der Waals surface area contributed by atoms with E-state index in [2.05, 4.69) is 0 Å². The zero-order chi connectivity index (χ0) is 11.9. The highest BCUT2D eigenvalue weighted by molar-refractivity contribution is 7.80. The Bertz CT molecular complexity index is 365. The smallest absolute Gasteiger partial charge is 0.235 e. The third-order valence-electron chi connectivity index (χ3n) is 3.51. The molecule has 1 heterocycles. The van der Waals surface area contributed by atoms with Crippen LogP contribution in [0.3, 0.4) is 0 Å². The molecule has 0 spiro atoms. The Balaban J connectivity index is 2.03.